The van der Waals surface area contributed by atoms with Crippen molar-refractivity contribution in [3.8, 4) is 0 Å². The molecule has 2 fully saturated rings. The number of hydrogen-bond acceptors (Lipinski definition) is 0. The van der Waals surface area contributed by atoms with Crippen LogP contribution < -0.4 is 0 Å². The van der Waals surface area contributed by atoms with Gasteiger partial charge in [-0.25, -0.2) is 0 Å². The predicted octanol–water partition coefficient (Wildman–Crippen LogP) is 4.84. The van der Waals surface area contributed by atoms with Crippen LogP contribution in [0.1, 0.15) is 54.4 Å². The first-order valence-electron chi connectivity index (χ1n) is 7.49. The Hall–Kier alpha value is 0. The SMILES string of the molecule is CCC1CC1C(C)C(C)C1C(C)C1C(C)C. The van der Waals surface area contributed by atoms with Crippen LogP contribution in [0.3, 0.4) is 0 Å². The van der Waals surface area contributed by atoms with Crippen LogP contribution in [0.5, 0.6) is 0 Å². The number of rotatable bonds is 5. The lowest BCUT2D eigenvalue weighted by molar-refractivity contribution is 0.273. The normalized spacial score (nSPS) is 45.6. The lowest BCUT2D eigenvalue weighted by Crippen LogP contribution is -2.15. The topological polar surface area (TPSA) is 0 Å². The lowest BCUT2D eigenvalue weighted by atomic mass is 9.84. The van der Waals surface area contributed by atoms with Gasteiger partial charge in [-0.05, 0) is 53.8 Å². The fourth-order valence-electron chi connectivity index (χ4n) is 4.53. The summed E-state index contributed by atoms with van der Waals surface area (Å²) >= 11 is 0. The second-order valence-corrected chi connectivity index (χ2v) is 7.04. The van der Waals surface area contributed by atoms with E-state index < -0.39 is 0 Å². The van der Waals surface area contributed by atoms with Gasteiger partial charge in [0.1, 0.15) is 0 Å². The van der Waals surface area contributed by atoms with Crippen molar-refractivity contribution in [2.75, 3.05) is 0 Å². The molecule has 7 unspecified atom stereocenters. The molecule has 7 atom stereocenters. The second kappa shape index (κ2) is 4.35. The molecule has 0 aromatic heterocycles. The molecule has 0 heterocycles. The van der Waals surface area contributed by atoms with E-state index >= 15 is 0 Å². The van der Waals surface area contributed by atoms with Crippen LogP contribution in [0.15, 0.2) is 0 Å². The monoisotopic (exact) mass is 222 g/mol. The van der Waals surface area contributed by atoms with Gasteiger partial charge in [-0.1, -0.05) is 48.0 Å². The Morgan fingerprint density at radius 1 is 1.00 bits per heavy atom. The average molecular weight is 222 g/mol. The highest BCUT2D eigenvalue weighted by atomic mass is 14.6. The molecule has 16 heavy (non-hydrogen) atoms. The van der Waals surface area contributed by atoms with Crippen LogP contribution >= 0.6 is 0 Å². The average Bonchev–Trinajstić information content (AvgIpc) is 3.09. The first-order chi connectivity index (χ1) is 7.49. The van der Waals surface area contributed by atoms with Gasteiger partial charge in [0, 0.05) is 0 Å². The molecule has 94 valence electrons. The summed E-state index contributed by atoms with van der Waals surface area (Å²) in [5, 5.41) is 0. The molecule has 0 saturated heterocycles. The fraction of sp³-hybridized carbons (Fsp3) is 1.00. The molecule has 0 amide bonds. The summed E-state index contributed by atoms with van der Waals surface area (Å²) in [5.74, 6) is 8.03. The third kappa shape index (κ3) is 2.05. The Labute approximate surface area is 102 Å². The van der Waals surface area contributed by atoms with Gasteiger partial charge in [-0.3, -0.25) is 0 Å². The minimum Gasteiger partial charge on any atom is -0.0651 e. The van der Waals surface area contributed by atoms with E-state index in [-0.39, 0.29) is 0 Å². The van der Waals surface area contributed by atoms with E-state index in [2.05, 4.69) is 41.5 Å². The lowest BCUT2D eigenvalue weighted by Gasteiger charge is -2.21. The summed E-state index contributed by atoms with van der Waals surface area (Å²) in [4.78, 5) is 0. The van der Waals surface area contributed by atoms with Gasteiger partial charge >= 0.3 is 0 Å². The molecule has 0 radical (unpaired) electrons. The van der Waals surface area contributed by atoms with Crippen molar-refractivity contribution >= 4 is 0 Å². The Bertz CT molecular complexity index is 242. The van der Waals surface area contributed by atoms with E-state index in [4.69, 9.17) is 0 Å². The molecule has 0 aromatic rings. The van der Waals surface area contributed by atoms with Gasteiger partial charge in [0.05, 0.1) is 0 Å². The van der Waals surface area contributed by atoms with E-state index in [1.165, 1.54) is 12.8 Å². The Morgan fingerprint density at radius 2 is 1.62 bits per heavy atom. The van der Waals surface area contributed by atoms with Crippen molar-refractivity contribution in [3.63, 3.8) is 0 Å². The molecule has 0 bridgehead atoms. The molecule has 2 aliphatic carbocycles. The molecular formula is C16H30. The highest BCUT2D eigenvalue weighted by Gasteiger charge is 2.54. The summed E-state index contributed by atoms with van der Waals surface area (Å²) < 4.78 is 0. The summed E-state index contributed by atoms with van der Waals surface area (Å²) in [6, 6.07) is 0. The third-order valence-electron chi connectivity index (χ3n) is 5.90. The van der Waals surface area contributed by atoms with E-state index in [0.717, 1.165) is 47.3 Å². The third-order valence-corrected chi connectivity index (χ3v) is 5.90. The van der Waals surface area contributed by atoms with Crippen molar-refractivity contribution in [1.29, 1.82) is 0 Å². The van der Waals surface area contributed by atoms with Crippen LogP contribution in [0.2, 0.25) is 0 Å². The molecule has 0 nitrogen and oxygen atoms in total. The van der Waals surface area contributed by atoms with Gasteiger partial charge in [0.2, 0.25) is 0 Å². The van der Waals surface area contributed by atoms with Crippen molar-refractivity contribution < 1.29 is 0 Å². The predicted molar refractivity (Wildman–Crippen MR) is 71.2 cm³/mol. The molecule has 0 heteroatoms. The van der Waals surface area contributed by atoms with Crippen molar-refractivity contribution in [2.45, 2.75) is 54.4 Å². The molecule has 0 spiro atoms. The van der Waals surface area contributed by atoms with Crippen LogP contribution in [-0.4, -0.2) is 0 Å². The highest BCUT2D eigenvalue weighted by molar-refractivity contribution is 5.02. The van der Waals surface area contributed by atoms with Crippen molar-refractivity contribution in [2.24, 2.45) is 47.3 Å². The zero-order chi connectivity index (χ0) is 12.0. The van der Waals surface area contributed by atoms with E-state index in [9.17, 15) is 0 Å². The first-order valence-corrected chi connectivity index (χ1v) is 7.49. The molecule has 0 aliphatic heterocycles. The summed E-state index contributed by atoms with van der Waals surface area (Å²) in [6.45, 7) is 14.7. The maximum absolute atomic E-state index is 2.53. The Morgan fingerprint density at radius 3 is 2.00 bits per heavy atom. The molecule has 2 aliphatic rings. The van der Waals surface area contributed by atoms with E-state index in [1.54, 1.807) is 0 Å². The van der Waals surface area contributed by atoms with Gasteiger partial charge in [0.15, 0.2) is 0 Å². The maximum atomic E-state index is 2.53. The summed E-state index contributed by atoms with van der Waals surface area (Å²) in [5.41, 5.74) is 0. The largest absolute Gasteiger partial charge is 0.0651 e. The molecular weight excluding hydrogens is 192 g/mol. The van der Waals surface area contributed by atoms with E-state index in [1.807, 2.05) is 0 Å². The fourth-order valence-corrected chi connectivity index (χ4v) is 4.53. The van der Waals surface area contributed by atoms with Crippen LogP contribution in [-0.2, 0) is 0 Å². The van der Waals surface area contributed by atoms with Gasteiger partial charge in [-0.2, -0.15) is 0 Å². The van der Waals surface area contributed by atoms with Gasteiger partial charge < -0.3 is 0 Å². The van der Waals surface area contributed by atoms with Crippen LogP contribution in [0.25, 0.3) is 0 Å². The minimum atomic E-state index is 0.899. The van der Waals surface area contributed by atoms with Crippen LogP contribution in [0, 0.1) is 47.3 Å². The van der Waals surface area contributed by atoms with Crippen molar-refractivity contribution in [3.05, 3.63) is 0 Å². The zero-order valence-electron chi connectivity index (χ0n) is 12.0. The quantitative estimate of drug-likeness (QED) is 0.624. The second-order valence-electron chi connectivity index (χ2n) is 7.04. The van der Waals surface area contributed by atoms with Crippen molar-refractivity contribution in [1.82, 2.24) is 0 Å². The first kappa shape index (κ1) is 12.5. The summed E-state index contributed by atoms with van der Waals surface area (Å²) in [7, 11) is 0. The number of hydrogen-bond donors (Lipinski definition) is 0. The highest BCUT2D eigenvalue weighted by Crippen LogP contribution is 2.59. The smallest absolute Gasteiger partial charge is 0.0324 e. The maximum Gasteiger partial charge on any atom is -0.0324 e. The molecule has 2 rings (SSSR count). The van der Waals surface area contributed by atoms with Gasteiger partial charge in [0.25, 0.3) is 0 Å². The van der Waals surface area contributed by atoms with E-state index in [0.29, 0.717) is 0 Å². The van der Waals surface area contributed by atoms with Crippen LogP contribution in [0.4, 0.5) is 0 Å². The zero-order valence-corrected chi connectivity index (χ0v) is 12.0. The Kier molecular flexibility index (Phi) is 3.39. The summed E-state index contributed by atoms with van der Waals surface area (Å²) in [6.07, 6.45) is 2.94. The van der Waals surface area contributed by atoms with Gasteiger partial charge in [-0.15, -0.1) is 0 Å². The minimum absolute atomic E-state index is 0.899. The molecule has 0 aromatic carbocycles. The molecule has 0 N–H and O–H groups in total. The Balaban J connectivity index is 1.87. The molecule has 2 saturated carbocycles. The standard InChI is InChI=1S/C16H30/c1-7-13-8-14(13)10(4)11(5)16-12(6)15(16)9(2)3/h9-16H,7-8H2,1-6H3.